The van der Waals surface area contributed by atoms with Crippen LogP contribution < -0.4 is 0 Å². The van der Waals surface area contributed by atoms with Gasteiger partial charge in [-0.15, -0.1) is 5.16 Å². The van der Waals surface area contributed by atoms with Gasteiger partial charge in [0.25, 0.3) is 8.32 Å². The van der Waals surface area contributed by atoms with Crippen molar-refractivity contribution in [1.29, 1.82) is 0 Å². The number of methoxy groups -OCH3 is 1. The Kier molecular flexibility index (Phi) is 6.76. The summed E-state index contributed by atoms with van der Waals surface area (Å²) in [6.45, 7) is 14.0. The number of carbonyl (C=O) groups is 1. The molecule has 0 bridgehead atoms. The van der Waals surface area contributed by atoms with Crippen molar-refractivity contribution in [2.75, 3.05) is 7.11 Å². The van der Waals surface area contributed by atoms with Gasteiger partial charge in [-0.05, 0) is 117 Å². The first-order valence-corrected chi connectivity index (χ1v) is 16.6. The molecule has 0 amide bonds. The standard InChI is InChI=1S/C28H45NO3Si/c1-19(8-13-26(30)31-4)23-11-12-24-22-10-9-20-18-21(29-32-33(5,6)7)14-16-27(20,2)25(22)15-17-28(23,24)3/h9-10,18-19,22-25H,8,11-17H2,1-7H3. The van der Waals surface area contributed by atoms with Gasteiger partial charge in [-0.3, -0.25) is 4.79 Å². The van der Waals surface area contributed by atoms with Crippen LogP contribution in [0.25, 0.3) is 0 Å². The van der Waals surface area contributed by atoms with Gasteiger partial charge in [0.05, 0.1) is 12.8 Å². The number of oxime groups is 1. The molecule has 33 heavy (non-hydrogen) atoms. The Morgan fingerprint density at radius 2 is 1.94 bits per heavy atom. The number of hydrogen-bond acceptors (Lipinski definition) is 4. The van der Waals surface area contributed by atoms with Crippen LogP contribution in [0.15, 0.2) is 29.0 Å². The molecule has 0 aromatic rings. The highest BCUT2D eigenvalue weighted by Crippen LogP contribution is 2.66. The van der Waals surface area contributed by atoms with Crippen LogP contribution in [0.2, 0.25) is 19.6 Å². The molecular weight excluding hydrogens is 426 g/mol. The average molecular weight is 472 g/mol. The summed E-state index contributed by atoms with van der Waals surface area (Å²) in [4.78, 5) is 11.7. The van der Waals surface area contributed by atoms with Crippen molar-refractivity contribution < 1.29 is 14.1 Å². The molecule has 0 spiro atoms. The summed E-state index contributed by atoms with van der Waals surface area (Å²) >= 11 is 0. The lowest BCUT2D eigenvalue weighted by atomic mass is 9.48. The zero-order chi connectivity index (χ0) is 24.0. The average Bonchev–Trinajstić information content (AvgIpc) is 3.12. The fourth-order valence-electron chi connectivity index (χ4n) is 7.90. The minimum absolute atomic E-state index is 0.0665. The second-order valence-electron chi connectivity index (χ2n) is 12.8. The molecule has 0 aliphatic heterocycles. The van der Waals surface area contributed by atoms with Crippen LogP contribution in [-0.4, -0.2) is 27.1 Å². The molecule has 5 heteroatoms. The fourth-order valence-corrected chi connectivity index (χ4v) is 8.29. The highest BCUT2D eigenvalue weighted by molar-refractivity contribution is 6.69. The molecule has 2 saturated carbocycles. The van der Waals surface area contributed by atoms with Crippen LogP contribution >= 0.6 is 0 Å². The van der Waals surface area contributed by atoms with E-state index in [1.54, 1.807) is 0 Å². The van der Waals surface area contributed by atoms with E-state index in [-0.39, 0.29) is 11.4 Å². The van der Waals surface area contributed by atoms with Crippen molar-refractivity contribution in [2.24, 2.45) is 45.6 Å². The number of ether oxygens (including phenoxy) is 1. The minimum Gasteiger partial charge on any atom is -0.469 e. The molecule has 0 saturated heterocycles. The molecule has 4 aliphatic carbocycles. The second kappa shape index (κ2) is 9.01. The molecule has 0 heterocycles. The quantitative estimate of drug-likeness (QED) is 0.235. The monoisotopic (exact) mass is 471 g/mol. The van der Waals surface area contributed by atoms with E-state index in [0.717, 1.165) is 36.3 Å². The maximum atomic E-state index is 11.7. The van der Waals surface area contributed by atoms with Gasteiger partial charge < -0.3 is 9.26 Å². The van der Waals surface area contributed by atoms with Crippen LogP contribution in [0.1, 0.15) is 72.1 Å². The van der Waals surface area contributed by atoms with Crippen molar-refractivity contribution in [3.8, 4) is 0 Å². The van der Waals surface area contributed by atoms with E-state index >= 15 is 0 Å². The molecule has 7 unspecified atom stereocenters. The highest BCUT2D eigenvalue weighted by Gasteiger charge is 2.58. The van der Waals surface area contributed by atoms with E-state index in [0.29, 0.717) is 23.7 Å². The summed E-state index contributed by atoms with van der Waals surface area (Å²) in [5.74, 6) is 3.41. The summed E-state index contributed by atoms with van der Waals surface area (Å²) < 4.78 is 10.8. The molecule has 4 rings (SSSR count). The summed E-state index contributed by atoms with van der Waals surface area (Å²) in [7, 11) is -0.146. The molecule has 7 atom stereocenters. The van der Waals surface area contributed by atoms with Crippen LogP contribution in [0, 0.1) is 40.4 Å². The lowest BCUT2D eigenvalue weighted by Gasteiger charge is -2.56. The lowest BCUT2D eigenvalue weighted by molar-refractivity contribution is -0.141. The van der Waals surface area contributed by atoms with E-state index in [1.165, 1.54) is 44.8 Å². The number of allylic oxidation sites excluding steroid dienone is 4. The summed E-state index contributed by atoms with van der Waals surface area (Å²) in [6, 6.07) is 0. The Hall–Kier alpha value is -1.36. The van der Waals surface area contributed by atoms with Gasteiger partial charge in [-0.1, -0.05) is 32.9 Å². The molecule has 2 fully saturated rings. The van der Waals surface area contributed by atoms with Gasteiger partial charge in [0.2, 0.25) is 0 Å². The van der Waals surface area contributed by atoms with Gasteiger partial charge in [-0.25, -0.2) is 0 Å². The van der Waals surface area contributed by atoms with E-state index in [9.17, 15) is 4.79 Å². The Labute approximate surface area is 202 Å². The molecular formula is C28H45NO3Si. The molecule has 0 radical (unpaired) electrons. The van der Waals surface area contributed by atoms with E-state index in [4.69, 9.17) is 9.26 Å². The van der Waals surface area contributed by atoms with Crippen molar-refractivity contribution in [2.45, 2.75) is 91.8 Å². The zero-order valence-electron chi connectivity index (χ0n) is 21.9. The first-order valence-electron chi connectivity index (χ1n) is 13.2. The number of rotatable bonds is 6. The summed E-state index contributed by atoms with van der Waals surface area (Å²) in [5.41, 5.74) is 3.24. The summed E-state index contributed by atoms with van der Waals surface area (Å²) in [5, 5.41) is 4.55. The van der Waals surface area contributed by atoms with Crippen molar-refractivity contribution in [1.82, 2.24) is 0 Å². The third-order valence-corrected chi connectivity index (χ3v) is 10.4. The van der Waals surface area contributed by atoms with E-state index in [1.807, 2.05) is 0 Å². The number of hydrogen-bond donors (Lipinski definition) is 0. The topological polar surface area (TPSA) is 47.9 Å². The van der Waals surface area contributed by atoms with Crippen molar-refractivity contribution in [3.63, 3.8) is 0 Å². The van der Waals surface area contributed by atoms with Crippen LogP contribution in [0.4, 0.5) is 0 Å². The largest absolute Gasteiger partial charge is 0.469 e. The number of nitrogens with zero attached hydrogens (tertiary/aromatic N) is 1. The number of esters is 1. The Morgan fingerprint density at radius 3 is 2.64 bits per heavy atom. The summed E-state index contributed by atoms with van der Waals surface area (Å²) in [6.07, 6.45) is 16.3. The van der Waals surface area contributed by atoms with Gasteiger partial charge >= 0.3 is 5.97 Å². The van der Waals surface area contributed by atoms with Crippen molar-refractivity contribution >= 4 is 20.0 Å². The van der Waals surface area contributed by atoms with E-state index in [2.05, 4.69) is 63.8 Å². The zero-order valence-corrected chi connectivity index (χ0v) is 22.9. The highest BCUT2D eigenvalue weighted by atomic mass is 28.4. The molecule has 4 aliphatic rings. The lowest BCUT2D eigenvalue weighted by Crippen LogP contribution is -2.49. The maximum Gasteiger partial charge on any atom is 0.305 e. The second-order valence-corrected chi connectivity index (χ2v) is 17.2. The molecule has 0 aromatic carbocycles. The first-order chi connectivity index (χ1) is 15.5. The molecule has 184 valence electrons. The Balaban J connectivity index is 1.53. The third kappa shape index (κ3) is 4.63. The van der Waals surface area contributed by atoms with Crippen LogP contribution in [-0.2, 0) is 14.1 Å². The predicted octanol–water partition coefficient (Wildman–Crippen LogP) is 7.14. The first kappa shape index (κ1) is 24.8. The van der Waals surface area contributed by atoms with Gasteiger partial charge in [0.1, 0.15) is 0 Å². The molecule has 0 N–H and O–H groups in total. The van der Waals surface area contributed by atoms with Crippen LogP contribution in [0.5, 0.6) is 0 Å². The van der Waals surface area contributed by atoms with Gasteiger partial charge in [-0.2, -0.15) is 0 Å². The Morgan fingerprint density at radius 1 is 1.18 bits per heavy atom. The van der Waals surface area contributed by atoms with Crippen LogP contribution in [0.3, 0.4) is 0 Å². The van der Waals surface area contributed by atoms with Crippen molar-refractivity contribution in [3.05, 3.63) is 23.8 Å². The number of fused-ring (bicyclic) bond motifs is 5. The maximum absolute atomic E-state index is 11.7. The minimum atomic E-state index is -1.65. The Bertz CT molecular complexity index is 856. The molecule has 0 aromatic heterocycles. The molecule has 4 nitrogen and oxygen atoms in total. The third-order valence-electron chi connectivity index (χ3n) is 9.76. The smallest absolute Gasteiger partial charge is 0.305 e. The van der Waals surface area contributed by atoms with E-state index < -0.39 is 8.32 Å². The van der Waals surface area contributed by atoms with Gasteiger partial charge in [0.15, 0.2) is 0 Å². The fraction of sp³-hybridized carbons (Fsp3) is 0.786. The SMILES string of the molecule is COC(=O)CCC(C)C1CCC2C3C=CC4=CC(=NO[Si](C)(C)C)CCC4(C)C3CCC12C. The predicted molar refractivity (Wildman–Crippen MR) is 137 cm³/mol. The van der Waals surface area contributed by atoms with Gasteiger partial charge in [0, 0.05) is 6.42 Å². The number of carbonyl (C=O) groups excluding carboxylic acids is 1. The normalized spacial score (nSPS) is 39.8.